The number of hydrogen-bond acceptors (Lipinski definition) is 1. The quantitative estimate of drug-likeness (QED) is 0.192. The molecule has 44 heavy (non-hydrogen) atoms. The number of hydrogen-bond donors (Lipinski definition) is 0. The van der Waals surface area contributed by atoms with Crippen LogP contribution in [-0.2, 0) is 18.1 Å². The molecule has 1 aliphatic heterocycles. The molecule has 3 saturated carbocycles. The Kier molecular flexibility index (Phi) is 6.36. The first kappa shape index (κ1) is 27.4. The van der Waals surface area contributed by atoms with Gasteiger partial charge in [-0.2, -0.15) is 13.2 Å². The van der Waals surface area contributed by atoms with Gasteiger partial charge in [-0.1, -0.05) is 127 Å². The zero-order valence-electron chi connectivity index (χ0n) is 24.4. The van der Waals surface area contributed by atoms with E-state index in [0.717, 1.165) is 31.5 Å². The van der Waals surface area contributed by atoms with E-state index >= 15 is 0 Å². The van der Waals surface area contributed by atoms with Crippen LogP contribution in [0.1, 0.15) is 52.6 Å². The molecule has 0 radical (unpaired) electrons. The van der Waals surface area contributed by atoms with Gasteiger partial charge in [0.25, 0.3) is 0 Å². The molecular formula is C40H34F3N. The van der Waals surface area contributed by atoms with Crippen LogP contribution in [0, 0.1) is 11.3 Å². The predicted molar refractivity (Wildman–Crippen MR) is 169 cm³/mol. The first-order valence-corrected chi connectivity index (χ1v) is 15.5. The van der Waals surface area contributed by atoms with Crippen molar-refractivity contribution < 1.29 is 13.2 Å². The molecule has 0 N–H and O–H groups in total. The monoisotopic (exact) mass is 585 g/mol. The summed E-state index contributed by atoms with van der Waals surface area (Å²) in [6.45, 7) is 1.76. The standard InChI is InChI=1S/C40H34F3N/c41-40(42,43)34-22-20-31(21-23-34)36-35-25-44(24-28-16-18-30(19-17-28)29-10-4-1-5-11-29)37(32-12-6-2-7-13-32)39(35)26-38(36,27-39)33-14-8-3-9-15-33/h1-23,35-37H,24-27H2/t35-,36?,37-,38?,39?/m1/s1. The molecule has 220 valence electrons. The Morgan fingerprint density at radius 3 is 1.80 bits per heavy atom. The zero-order chi connectivity index (χ0) is 29.9. The van der Waals surface area contributed by atoms with E-state index in [1.54, 1.807) is 12.1 Å². The molecule has 5 aromatic rings. The second-order valence-corrected chi connectivity index (χ2v) is 13.1. The molecule has 1 unspecified atom stereocenters. The number of alkyl halides is 3. The smallest absolute Gasteiger partial charge is 0.291 e. The lowest BCUT2D eigenvalue weighted by Crippen LogP contribution is -2.47. The van der Waals surface area contributed by atoms with Crippen molar-refractivity contribution in [3.63, 3.8) is 0 Å². The Bertz CT molecular complexity index is 1740. The van der Waals surface area contributed by atoms with Crippen molar-refractivity contribution in [2.24, 2.45) is 11.3 Å². The zero-order valence-corrected chi connectivity index (χ0v) is 24.4. The topological polar surface area (TPSA) is 3.24 Å². The van der Waals surface area contributed by atoms with Crippen LogP contribution in [-0.4, -0.2) is 11.4 Å². The second kappa shape index (κ2) is 10.2. The highest BCUT2D eigenvalue weighted by Gasteiger charge is 2.77. The van der Waals surface area contributed by atoms with E-state index in [0.29, 0.717) is 5.92 Å². The number of nitrogens with zero attached hydrogens (tertiary/aromatic N) is 1. The molecule has 0 amide bonds. The Hall–Kier alpha value is -4.15. The summed E-state index contributed by atoms with van der Waals surface area (Å²) in [4.78, 5) is 2.66. The van der Waals surface area contributed by atoms with Gasteiger partial charge >= 0.3 is 6.18 Å². The Morgan fingerprint density at radius 1 is 0.614 bits per heavy atom. The van der Waals surface area contributed by atoms with Crippen LogP contribution in [0.25, 0.3) is 11.1 Å². The molecule has 0 aromatic heterocycles. The van der Waals surface area contributed by atoms with Gasteiger partial charge in [0, 0.05) is 24.5 Å². The molecule has 4 heteroatoms. The van der Waals surface area contributed by atoms with Gasteiger partial charge in [0.05, 0.1) is 5.56 Å². The van der Waals surface area contributed by atoms with Crippen LogP contribution >= 0.6 is 0 Å². The number of benzene rings is 5. The molecule has 1 nitrogen and oxygen atoms in total. The van der Waals surface area contributed by atoms with Gasteiger partial charge in [-0.15, -0.1) is 0 Å². The summed E-state index contributed by atoms with van der Waals surface area (Å²) in [6.07, 6.45) is -2.25. The van der Waals surface area contributed by atoms with Gasteiger partial charge in [0.1, 0.15) is 0 Å². The Morgan fingerprint density at radius 2 is 1.18 bits per heavy atom. The van der Waals surface area contributed by atoms with Gasteiger partial charge in [0.2, 0.25) is 0 Å². The molecule has 2 bridgehead atoms. The number of halogens is 3. The Balaban J connectivity index is 1.18. The minimum atomic E-state index is -4.34. The molecule has 1 heterocycles. The van der Waals surface area contributed by atoms with E-state index in [9.17, 15) is 13.2 Å². The first-order valence-electron chi connectivity index (χ1n) is 15.5. The van der Waals surface area contributed by atoms with Crippen molar-refractivity contribution in [2.45, 2.75) is 42.9 Å². The van der Waals surface area contributed by atoms with Gasteiger partial charge < -0.3 is 0 Å². The normalized spacial score (nSPS) is 27.6. The molecule has 5 aromatic carbocycles. The summed E-state index contributed by atoms with van der Waals surface area (Å²) in [6, 6.07) is 47.3. The molecule has 9 rings (SSSR count). The third kappa shape index (κ3) is 4.26. The average Bonchev–Trinajstić information content (AvgIpc) is 3.61. The molecule has 4 fully saturated rings. The fourth-order valence-electron chi connectivity index (χ4n) is 9.31. The van der Waals surface area contributed by atoms with Crippen LogP contribution < -0.4 is 0 Å². The molecular weight excluding hydrogens is 551 g/mol. The van der Waals surface area contributed by atoms with Crippen molar-refractivity contribution in [2.75, 3.05) is 6.54 Å². The van der Waals surface area contributed by atoms with Crippen molar-refractivity contribution >= 4 is 0 Å². The highest BCUT2D eigenvalue weighted by molar-refractivity contribution is 5.63. The fraction of sp³-hybridized carbons (Fsp3) is 0.250. The first-order chi connectivity index (χ1) is 21.4. The highest BCUT2D eigenvalue weighted by atomic mass is 19.4. The van der Waals surface area contributed by atoms with Crippen LogP contribution in [0.3, 0.4) is 0 Å². The molecule has 1 saturated heterocycles. The maximum absolute atomic E-state index is 13.5. The van der Waals surface area contributed by atoms with E-state index in [1.165, 1.54) is 39.9 Å². The molecule has 3 aliphatic carbocycles. The van der Waals surface area contributed by atoms with Crippen LogP contribution in [0.4, 0.5) is 13.2 Å². The lowest BCUT2D eigenvalue weighted by Gasteiger charge is -2.53. The van der Waals surface area contributed by atoms with E-state index in [-0.39, 0.29) is 22.8 Å². The van der Waals surface area contributed by atoms with Crippen LogP contribution in [0.15, 0.2) is 140 Å². The van der Waals surface area contributed by atoms with E-state index in [4.69, 9.17) is 0 Å². The Labute approximate surface area is 257 Å². The fourth-order valence-corrected chi connectivity index (χ4v) is 9.31. The average molecular weight is 586 g/mol. The summed E-state index contributed by atoms with van der Waals surface area (Å²) >= 11 is 0. The molecule has 4 aliphatic rings. The summed E-state index contributed by atoms with van der Waals surface area (Å²) < 4.78 is 40.6. The third-order valence-electron chi connectivity index (χ3n) is 10.9. The summed E-state index contributed by atoms with van der Waals surface area (Å²) in [5, 5.41) is 0. The van der Waals surface area contributed by atoms with Gasteiger partial charge in [-0.25, -0.2) is 0 Å². The van der Waals surface area contributed by atoms with E-state index in [2.05, 4.69) is 114 Å². The number of rotatable bonds is 6. The van der Waals surface area contributed by atoms with Gasteiger partial charge in [-0.3, -0.25) is 4.90 Å². The van der Waals surface area contributed by atoms with Gasteiger partial charge in [0.15, 0.2) is 0 Å². The minimum Gasteiger partial charge on any atom is -0.291 e. The van der Waals surface area contributed by atoms with Crippen molar-refractivity contribution in [1.82, 2.24) is 4.90 Å². The summed E-state index contributed by atoms with van der Waals surface area (Å²) in [5.41, 5.74) is 6.81. The highest BCUT2D eigenvalue weighted by Crippen LogP contribution is 2.82. The van der Waals surface area contributed by atoms with Crippen LogP contribution in [0.5, 0.6) is 0 Å². The summed E-state index contributed by atoms with van der Waals surface area (Å²) in [7, 11) is 0. The van der Waals surface area contributed by atoms with Crippen molar-refractivity contribution in [3.8, 4) is 11.1 Å². The predicted octanol–water partition coefficient (Wildman–Crippen LogP) is 10.1. The maximum Gasteiger partial charge on any atom is 0.416 e. The lowest BCUT2D eigenvalue weighted by molar-refractivity contribution is -0.137. The molecule has 1 spiro atoms. The van der Waals surface area contributed by atoms with Crippen LogP contribution in [0.2, 0.25) is 0 Å². The SMILES string of the molecule is FC(F)(F)c1ccc(C2[C@H]3CN(Cc4ccc(-c5ccccc5)cc4)[C@H](c4ccccc4)C34CC2(c2ccccc2)C4)cc1. The largest absolute Gasteiger partial charge is 0.416 e. The lowest BCUT2D eigenvalue weighted by atomic mass is 9.52. The van der Waals surface area contributed by atoms with Crippen molar-refractivity contribution in [3.05, 3.63) is 167 Å². The van der Waals surface area contributed by atoms with Crippen molar-refractivity contribution in [1.29, 1.82) is 0 Å². The van der Waals surface area contributed by atoms with Gasteiger partial charge in [-0.05, 0) is 75.6 Å². The third-order valence-corrected chi connectivity index (χ3v) is 10.9. The summed E-state index contributed by atoms with van der Waals surface area (Å²) in [5.74, 6) is 0.497. The second-order valence-electron chi connectivity index (χ2n) is 13.1. The van der Waals surface area contributed by atoms with E-state index in [1.807, 2.05) is 6.07 Å². The number of likely N-dealkylation sites (tertiary alicyclic amines) is 1. The van der Waals surface area contributed by atoms with E-state index < -0.39 is 11.7 Å². The molecule has 3 atom stereocenters. The minimum absolute atomic E-state index is 0.0640. The maximum atomic E-state index is 13.5.